The molecule has 1 heterocycles. The zero-order chi connectivity index (χ0) is 13.5. The molecule has 0 aromatic heterocycles. The van der Waals surface area contributed by atoms with Gasteiger partial charge in [-0.2, -0.15) is 0 Å². The summed E-state index contributed by atoms with van der Waals surface area (Å²) >= 11 is 6.12. The van der Waals surface area contributed by atoms with Crippen LogP contribution in [0.3, 0.4) is 0 Å². The second kappa shape index (κ2) is 4.78. The molecule has 0 unspecified atom stereocenters. The lowest BCUT2D eigenvalue weighted by Gasteiger charge is -2.38. The van der Waals surface area contributed by atoms with Crippen molar-refractivity contribution in [3.63, 3.8) is 0 Å². The molecule has 1 aliphatic heterocycles. The third-order valence-electron chi connectivity index (χ3n) is 3.98. The number of rotatable bonds is 3. The Morgan fingerprint density at radius 2 is 1.95 bits per heavy atom. The van der Waals surface area contributed by atoms with E-state index in [0.29, 0.717) is 31.1 Å². The van der Waals surface area contributed by atoms with Gasteiger partial charge in [0.1, 0.15) is 0 Å². The second-order valence-corrected chi connectivity index (χ2v) is 5.52. The van der Waals surface area contributed by atoms with Crippen LogP contribution in [-0.2, 0) is 19.7 Å². The lowest BCUT2D eigenvalue weighted by Crippen LogP contribution is -2.42. The zero-order valence-electron chi connectivity index (χ0n) is 10.4. The maximum atomic E-state index is 11.5. The Hall–Kier alpha value is -1.10. The molecule has 1 aromatic rings. The minimum atomic E-state index is -0.780. The molecule has 1 aromatic carbocycles. The number of hydrogen-bond donors (Lipinski definition) is 1. The Balaban J connectivity index is 1.99. The van der Waals surface area contributed by atoms with E-state index in [-0.39, 0.29) is 0 Å². The Morgan fingerprint density at radius 3 is 2.47 bits per heavy atom. The van der Waals surface area contributed by atoms with Crippen LogP contribution in [0.1, 0.15) is 36.7 Å². The highest BCUT2D eigenvalue weighted by Gasteiger charge is 2.46. The van der Waals surface area contributed by atoms with Gasteiger partial charge in [0.2, 0.25) is 0 Å². The third kappa shape index (κ3) is 2.14. The van der Waals surface area contributed by atoms with E-state index in [0.717, 1.165) is 17.5 Å². The highest BCUT2D eigenvalue weighted by molar-refractivity contribution is 6.30. The van der Waals surface area contributed by atoms with E-state index in [1.807, 2.05) is 6.07 Å². The fourth-order valence-electron chi connectivity index (χ4n) is 2.73. The molecule has 0 amide bonds. The molecule has 2 fully saturated rings. The largest absolute Gasteiger partial charge is 0.481 e. The highest BCUT2D eigenvalue weighted by atomic mass is 35.5. The van der Waals surface area contributed by atoms with Crippen LogP contribution in [-0.4, -0.2) is 24.3 Å². The quantitative estimate of drug-likeness (QED) is 0.926. The van der Waals surface area contributed by atoms with Gasteiger partial charge >= 0.3 is 5.97 Å². The second-order valence-electron chi connectivity index (χ2n) is 5.09. The van der Waals surface area contributed by atoms with Gasteiger partial charge < -0.3 is 14.6 Å². The normalized spacial score (nSPS) is 22.2. The summed E-state index contributed by atoms with van der Waals surface area (Å²) in [6, 6.07) is 5.37. The maximum Gasteiger partial charge on any atom is 0.314 e. The fourth-order valence-corrected chi connectivity index (χ4v) is 2.98. The first-order chi connectivity index (χ1) is 9.12. The molecule has 5 heteroatoms. The van der Waals surface area contributed by atoms with Crippen LogP contribution in [0.25, 0.3) is 0 Å². The molecule has 0 spiro atoms. The average molecular weight is 283 g/mol. The first-order valence-corrected chi connectivity index (χ1v) is 6.77. The molecule has 19 heavy (non-hydrogen) atoms. The summed E-state index contributed by atoms with van der Waals surface area (Å²) in [4.78, 5) is 11.5. The minimum Gasteiger partial charge on any atom is -0.481 e. The predicted molar refractivity (Wildman–Crippen MR) is 69.3 cm³/mol. The van der Waals surface area contributed by atoms with Crippen molar-refractivity contribution in [1.82, 2.24) is 0 Å². The maximum absolute atomic E-state index is 11.5. The summed E-state index contributed by atoms with van der Waals surface area (Å²) in [7, 11) is 0. The Bertz CT molecular complexity index is 504. The van der Waals surface area contributed by atoms with Crippen molar-refractivity contribution in [2.24, 2.45) is 0 Å². The number of hydrogen-bond acceptors (Lipinski definition) is 3. The molecule has 1 saturated carbocycles. The van der Waals surface area contributed by atoms with Gasteiger partial charge in [0.15, 0.2) is 6.29 Å². The highest BCUT2D eigenvalue weighted by Crippen LogP contribution is 2.45. The summed E-state index contributed by atoms with van der Waals surface area (Å²) in [5.41, 5.74) is 0.776. The van der Waals surface area contributed by atoms with Crippen molar-refractivity contribution in [3.05, 3.63) is 34.3 Å². The van der Waals surface area contributed by atoms with Crippen molar-refractivity contribution in [1.29, 1.82) is 0 Å². The van der Waals surface area contributed by atoms with Crippen LogP contribution in [0.15, 0.2) is 18.2 Å². The molecule has 0 bridgehead atoms. The molecule has 4 nitrogen and oxygen atoms in total. The molecule has 102 valence electrons. The summed E-state index contributed by atoms with van der Waals surface area (Å²) in [5, 5.41) is 10.0. The van der Waals surface area contributed by atoms with Gasteiger partial charge in [-0.1, -0.05) is 18.0 Å². The monoisotopic (exact) mass is 282 g/mol. The van der Waals surface area contributed by atoms with E-state index >= 15 is 0 Å². The SMILES string of the molecule is O=C(O)C1(c2cc(Cl)cc(C3OCCO3)c2)CCC1. The van der Waals surface area contributed by atoms with Crippen molar-refractivity contribution >= 4 is 17.6 Å². The lowest BCUT2D eigenvalue weighted by atomic mass is 9.64. The molecular weight excluding hydrogens is 268 g/mol. The summed E-state index contributed by atoms with van der Waals surface area (Å²) in [5.74, 6) is -0.778. The number of aliphatic carboxylic acids is 1. The van der Waals surface area contributed by atoms with E-state index in [2.05, 4.69) is 0 Å². The standard InChI is InChI=1S/C14H15ClO4/c15-11-7-9(12-18-4-5-19-12)6-10(8-11)14(13(16)17)2-1-3-14/h6-8,12H,1-5H2,(H,16,17). The molecule has 1 saturated heterocycles. The van der Waals surface area contributed by atoms with Gasteiger partial charge in [-0.15, -0.1) is 0 Å². The zero-order valence-corrected chi connectivity index (χ0v) is 11.2. The van der Waals surface area contributed by atoms with Crippen LogP contribution in [0.2, 0.25) is 5.02 Å². The van der Waals surface area contributed by atoms with E-state index in [1.165, 1.54) is 0 Å². The Kier molecular flexibility index (Phi) is 3.25. The Morgan fingerprint density at radius 1 is 1.26 bits per heavy atom. The molecule has 2 aliphatic rings. The van der Waals surface area contributed by atoms with Crippen LogP contribution in [0.4, 0.5) is 0 Å². The number of carboxylic acids is 1. The molecule has 0 atom stereocenters. The molecule has 1 N–H and O–H groups in total. The van der Waals surface area contributed by atoms with Gasteiger partial charge in [-0.05, 0) is 36.6 Å². The molecule has 1 aliphatic carbocycles. The first-order valence-electron chi connectivity index (χ1n) is 6.39. The number of benzene rings is 1. The third-order valence-corrected chi connectivity index (χ3v) is 4.20. The molecule has 3 rings (SSSR count). The van der Waals surface area contributed by atoms with E-state index in [9.17, 15) is 9.90 Å². The minimum absolute atomic E-state index is 0.427. The number of ether oxygens (including phenoxy) is 2. The molecular formula is C14H15ClO4. The topological polar surface area (TPSA) is 55.8 Å². The van der Waals surface area contributed by atoms with Crippen molar-refractivity contribution in [2.75, 3.05) is 13.2 Å². The van der Waals surface area contributed by atoms with Gasteiger partial charge in [0.05, 0.1) is 18.6 Å². The van der Waals surface area contributed by atoms with Crippen LogP contribution >= 0.6 is 11.6 Å². The average Bonchev–Trinajstić information content (AvgIpc) is 2.79. The van der Waals surface area contributed by atoms with E-state index < -0.39 is 17.7 Å². The van der Waals surface area contributed by atoms with Gasteiger partial charge in [-0.3, -0.25) is 4.79 Å². The van der Waals surface area contributed by atoms with Crippen LogP contribution in [0.5, 0.6) is 0 Å². The molecule has 0 radical (unpaired) electrons. The van der Waals surface area contributed by atoms with Crippen molar-refractivity contribution in [2.45, 2.75) is 31.0 Å². The van der Waals surface area contributed by atoms with Crippen molar-refractivity contribution < 1.29 is 19.4 Å². The van der Waals surface area contributed by atoms with E-state index in [1.54, 1.807) is 12.1 Å². The Labute approximate surface area is 116 Å². The van der Waals surface area contributed by atoms with Crippen LogP contribution < -0.4 is 0 Å². The lowest BCUT2D eigenvalue weighted by molar-refractivity contribution is -0.147. The van der Waals surface area contributed by atoms with Gasteiger partial charge in [0.25, 0.3) is 0 Å². The number of halogens is 1. The smallest absolute Gasteiger partial charge is 0.314 e. The summed E-state index contributed by atoms with van der Waals surface area (Å²) in [6.45, 7) is 1.10. The van der Waals surface area contributed by atoms with Gasteiger partial charge in [0, 0.05) is 10.6 Å². The number of carboxylic acid groups (broad SMARTS) is 1. The first kappa shape index (κ1) is 12.9. The number of carbonyl (C=O) groups is 1. The fraction of sp³-hybridized carbons (Fsp3) is 0.500. The summed E-state index contributed by atoms with van der Waals surface area (Å²) in [6.07, 6.45) is 1.83. The summed E-state index contributed by atoms with van der Waals surface area (Å²) < 4.78 is 10.9. The predicted octanol–water partition coefficient (Wildman–Crippen LogP) is 2.89. The van der Waals surface area contributed by atoms with Crippen LogP contribution in [0, 0.1) is 0 Å². The van der Waals surface area contributed by atoms with E-state index in [4.69, 9.17) is 21.1 Å². The van der Waals surface area contributed by atoms with Crippen molar-refractivity contribution in [3.8, 4) is 0 Å². The van der Waals surface area contributed by atoms with Gasteiger partial charge in [-0.25, -0.2) is 0 Å².